The Kier molecular flexibility index (Phi) is 11.7. The van der Waals surface area contributed by atoms with E-state index in [0.29, 0.717) is 0 Å². The van der Waals surface area contributed by atoms with Crippen molar-refractivity contribution in [3.63, 3.8) is 0 Å². The van der Waals surface area contributed by atoms with Crippen LogP contribution in [0.25, 0.3) is 0 Å². The molecule has 2 unspecified atom stereocenters. The minimum Gasteiger partial charge on any atom is -0.303 e. The van der Waals surface area contributed by atoms with Crippen LogP contribution in [-0.2, 0) is 9.09 Å². The lowest BCUT2D eigenvalue weighted by molar-refractivity contribution is -0.0389. The molecule has 5 heteroatoms. The molecule has 0 saturated heterocycles. The van der Waals surface area contributed by atoms with Gasteiger partial charge in [0.15, 0.2) is 0 Å². The first-order chi connectivity index (χ1) is 10.3. The monoisotopic (exact) mass is 336 g/mol. The highest BCUT2D eigenvalue weighted by Gasteiger charge is 2.42. The van der Waals surface area contributed by atoms with Crippen molar-refractivity contribution in [2.24, 2.45) is 5.92 Å². The van der Waals surface area contributed by atoms with Crippen LogP contribution in [0.5, 0.6) is 0 Å². The Morgan fingerprint density at radius 3 is 1.91 bits per heavy atom. The molecule has 2 atom stereocenters. The van der Waals surface area contributed by atoms with Crippen molar-refractivity contribution in [2.75, 3.05) is 0 Å². The third kappa shape index (κ3) is 8.67. The van der Waals surface area contributed by atoms with E-state index in [1.807, 2.05) is 0 Å². The quantitative estimate of drug-likeness (QED) is 0.310. The minimum absolute atomic E-state index is 0.225. The molecule has 0 saturated carbocycles. The summed E-state index contributed by atoms with van der Waals surface area (Å²) in [6.07, 6.45) is 10.7. The lowest BCUT2D eigenvalue weighted by atomic mass is 9.75. The summed E-state index contributed by atoms with van der Waals surface area (Å²) >= 11 is 0. The molecule has 2 N–H and O–H groups in total. The van der Waals surface area contributed by atoms with Crippen LogP contribution in [0.3, 0.4) is 0 Å². The first kappa shape index (κ1) is 22.1. The molecule has 0 radical (unpaired) electrons. The molecular formula is C17H37O4P. The summed E-state index contributed by atoms with van der Waals surface area (Å²) in [6.45, 7) is 8.53. The van der Waals surface area contributed by atoms with Crippen molar-refractivity contribution < 1.29 is 18.9 Å². The molecule has 0 aromatic heterocycles. The fourth-order valence-electron chi connectivity index (χ4n) is 3.38. The number of hydrogen-bond acceptors (Lipinski definition) is 2. The standard InChI is InChI=1S/C17H37O4P/c1-5-9-12-15-17(14-11-7-3,21-22(18,19)20)16(8-4)13-10-6-2/h16H,5-15H2,1-4H3,(H2,18,19,20). The van der Waals surface area contributed by atoms with Gasteiger partial charge in [-0.3, -0.25) is 4.52 Å². The average Bonchev–Trinajstić information content (AvgIpc) is 2.44. The molecule has 0 aliphatic rings. The van der Waals surface area contributed by atoms with E-state index in [0.717, 1.165) is 70.6 Å². The molecule has 0 spiro atoms. The second-order valence-electron chi connectivity index (χ2n) is 6.45. The third-order valence-corrected chi connectivity index (χ3v) is 5.20. The van der Waals surface area contributed by atoms with E-state index >= 15 is 0 Å². The van der Waals surface area contributed by atoms with E-state index in [1.54, 1.807) is 0 Å². The van der Waals surface area contributed by atoms with Gasteiger partial charge in [-0.1, -0.05) is 79.1 Å². The maximum Gasteiger partial charge on any atom is 0.470 e. The van der Waals surface area contributed by atoms with E-state index < -0.39 is 13.4 Å². The molecule has 0 amide bonds. The van der Waals surface area contributed by atoms with Gasteiger partial charge in [-0.25, -0.2) is 4.57 Å². The first-order valence-electron chi connectivity index (χ1n) is 9.11. The van der Waals surface area contributed by atoms with E-state index in [2.05, 4.69) is 27.7 Å². The van der Waals surface area contributed by atoms with Crippen molar-refractivity contribution in [1.29, 1.82) is 0 Å². The maximum atomic E-state index is 11.6. The first-order valence-corrected chi connectivity index (χ1v) is 10.6. The van der Waals surface area contributed by atoms with Crippen molar-refractivity contribution >= 4 is 7.82 Å². The molecule has 0 aromatic carbocycles. The van der Waals surface area contributed by atoms with Crippen molar-refractivity contribution in [1.82, 2.24) is 0 Å². The van der Waals surface area contributed by atoms with E-state index in [9.17, 15) is 14.4 Å². The average molecular weight is 336 g/mol. The lowest BCUT2D eigenvalue weighted by Gasteiger charge is -2.41. The highest BCUT2D eigenvalue weighted by Crippen LogP contribution is 2.50. The van der Waals surface area contributed by atoms with E-state index in [4.69, 9.17) is 4.52 Å². The van der Waals surface area contributed by atoms with Gasteiger partial charge in [0.05, 0.1) is 5.60 Å². The minimum atomic E-state index is -4.48. The molecule has 0 fully saturated rings. The second kappa shape index (κ2) is 11.6. The lowest BCUT2D eigenvalue weighted by Crippen LogP contribution is -2.40. The Hall–Kier alpha value is 0.110. The molecule has 0 rings (SSSR count). The van der Waals surface area contributed by atoms with Gasteiger partial charge in [0.1, 0.15) is 0 Å². The maximum absolute atomic E-state index is 11.6. The smallest absolute Gasteiger partial charge is 0.303 e. The summed E-state index contributed by atoms with van der Waals surface area (Å²) in [5.74, 6) is 0.225. The van der Waals surface area contributed by atoms with Gasteiger partial charge in [-0.15, -0.1) is 0 Å². The van der Waals surface area contributed by atoms with Crippen LogP contribution in [-0.4, -0.2) is 15.4 Å². The summed E-state index contributed by atoms with van der Waals surface area (Å²) in [6, 6.07) is 0. The van der Waals surface area contributed by atoms with Crippen molar-refractivity contribution in [3.05, 3.63) is 0 Å². The summed E-state index contributed by atoms with van der Waals surface area (Å²) in [5.41, 5.74) is -0.659. The van der Waals surface area contributed by atoms with Gasteiger partial charge in [-0.2, -0.15) is 0 Å². The van der Waals surface area contributed by atoms with Gasteiger partial charge in [0.25, 0.3) is 0 Å². The highest BCUT2D eigenvalue weighted by atomic mass is 31.2. The molecule has 0 aromatic rings. The normalized spacial score (nSPS) is 16.5. The van der Waals surface area contributed by atoms with Crippen LogP contribution in [0.1, 0.15) is 98.3 Å². The van der Waals surface area contributed by atoms with E-state index in [-0.39, 0.29) is 5.92 Å². The molecule has 134 valence electrons. The highest BCUT2D eigenvalue weighted by molar-refractivity contribution is 7.46. The van der Waals surface area contributed by atoms with Crippen molar-refractivity contribution in [2.45, 2.75) is 104 Å². The van der Waals surface area contributed by atoms with Crippen LogP contribution in [0.2, 0.25) is 0 Å². The summed E-state index contributed by atoms with van der Waals surface area (Å²) in [5, 5.41) is 0. The number of phosphoric ester groups is 1. The van der Waals surface area contributed by atoms with Crippen molar-refractivity contribution in [3.8, 4) is 0 Å². The second-order valence-corrected chi connectivity index (χ2v) is 7.62. The predicted molar refractivity (Wildman–Crippen MR) is 92.8 cm³/mol. The molecule has 0 bridgehead atoms. The zero-order valence-electron chi connectivity index (χ0n) is 15.0. The van der Waals surface area contributed by atoms with Crippen LogP contribution >= 0.6 is 7.82 Å². The van der Waals surface area contributed by atoms with Gasteiger partial charge in [0.2, 0.25) is 0 Å². The van der Waals surface area contributed by atoms with Gasteiger partial charge in [-0.05, 0) is 25.2 Å². The fourth-order valence-corrected chi connectivity index (χ4v) is 4.18. The predicted octanol–water partition coefficient (Wildman–Crippen LogP) is 5.82. The summed E-state index contributed by atoms with van der Waals surface area (Å²) < 4.78 is 17.1. The number of hydrogen-bond donors (Lipinski definition) is 2. The molecule has 0 aliphatic carbocycles. The van der Waals surface area contributed by atoms with E-state index in [1.165, 1.54) is 0 Å². The third-order valence-electron chi connectivity index (χ3n) is 4.60. The molecule has 22 heavy (non-hydrogen) atoms. The molecule has 4 nitrogen and oxygen atoms in total. The van der Waals surface area contributed by atoms with Gasteiger partial charge >= 0.3 is 7.82 Å². The summed E-state index contributed by atoms with van der Waals surface area (Å²) in [4.78, 5) is 18.9. The molecule has 0 aliphatic heterocycles. The largest absolute Gasteiger partial charge is 0.470 e. The Morgan fingerprint density at radius 2 is 1.45 bits per heavy atom. The molecule has 0 heterocycles. The summed E-state index contributed by atoms with van der Waals surface area (Å²) in [7, 11) is -4.48. The zero-order valence-corrected chi connectivity index (χ0v) is 15.9. The SMILES string of the molecule is CCCCCC(CCCC)(OP(=O)(O)O)C(CC)CCCC. The Labute approximate surface area is 137 Å². The zero-order chi connectivity index (χ0) is 17.1. The number of rotatable bonds is 14. The number of phosphoric acid groups is 1. The topological polar surface area (TPSA) is 66.8 Å². The fraction of sp³-hybridized carbons (Fsp3) is 1.00. The Morgan fingerprint density at radius 1 is 0.909 bits per heavy atom. The van der Waals surface area contributed by atoms with Crippen LogP contribution in [0, 0.1) is 5.92 Å². The molecular weight excluding hydrogens is 299 g/mol. The van der Waals surface area contributed by atoms with Crippen LogP contribution in [0.15, 0.2) is 0 Å². The Balaban J connectivity index is 5.31. The van der Waals surface area contributed by atoms with Crippen LogP contribution < -0.4 is 0 Å². The number of unbranched alkanes of at least 4 members (excludes halogenated alkanes) is 4. The van der Waals surface area contributed by atoms with Gasteiger partial charge in [0, 0.05) is 0 Å². The Bertz CT molecular complexity index is 316. The van der Waals surface area contributed by atoms with Crippen LogP contribution in [0.4, 0.5) is 0 Å². The van der Waals surface area contributed by atoms with Gasteiger partial charge < -0.3 is 9.79 Å².